The molecule has 3 aliphatic rings. The van der Waals surface area contributed by atoms with Crippen LogP contribution < -0.4 is 5.32 Å². The molecule has 5 rings (SSSR count). The van der Waals surface area contributed by atoms with Crippen molar-refractivity contribution in [3.8, 4) is 0 Å². The van der Waals surface area contributed by atoms with Crippen LogP contribution in [-0.2, 0) is 11.8 Å². The summed E-state index contributed by atoms with van der Waals surface area (Å²) in [5.74, 6) is 0.409. The van der Waals surface area contributed by atoms with Gasteiger partial charge in [-0.2, -0.15) is 5.10 Å². The van der Waals surface area contributed by atoms with Crippen LogP contribution in [-0.4, -0.2) is 21.5 Å². The van der Waals surface area contributed by atoms with Gasteiger partial charge in [0.05, 0.1) is 11.3 Å². The summed E-state index contributed by atoms with van der Waals surface area (Å²) >= 11 is 0. The Morgan fingerprint density at radius 2 is 2.17 bits per heavy atom. The number of aryl methyl sites for hydroxylation is 2. The smallest absolute Gasteiger partial charge is 0.259 e. The van der Waals surface area contributed by atoms with Crippen molar-refractivity contribution in [2.75, 3.05) is 5.32 Å². The topological polar surface area (TPSA) is 64.0 Å². The lowest BCUT2D eigenvalue weighted by atomic mass is 9.66. The third kappa shape index (κ3) is 2.19. The normalized spacial score (nSPS) is 22.1. The molecule has 1 fully saturated rings. The highest BCUT2D eigenvalue weighted by atomic mass is 16.1. The van der Waals surface area contributed by atoms with E-state index in [0.717, 1.165) is 24.1 Å². The zero-order valence-corrected chi connectivity index (χ0v) is 13.3. The number of anilines is 1. The number of nitrogens with one attached hydrogen (secondary N) is 1. The van der Waals surface area contributed by atoms with Gasteiger partial charge in [-0.1, -0.05) is 12.1 Å². The van der Waals surface area contributed by atoms with Gasteiger partial charge in [-0.25, -0.2) is 0 Å². The summed E-state index contributed by atoms with van der Waals surface area (Å²) in [4.78, 5) is 24.8. The lowest BCUT2D eigenvalue weighted by Crippen LogP contribution is -2.31. The largest absolute Gasteiger partial charge is 0.322 e. The van der Waals surface area contributed by atoms with E-state index in [2.05, 4.69) is 16.5 Å². The molecule has 0 spiro atoms. The SMILES string of the molecule is Cc1nn(C)cc1C(=O)Nc1cccc2c1C1CCC2CC1=O. The predicted molar refractivity (Wildman–Crippen MR) is 86.7 cm³/mol. The molecule has 1 N–H and O–H groups in total. The molecule has 1 heterocycles. The molecular weight excluding hydrogens is 290 g/mol. The highest BCUT2D eigenvalue weighted by Gasteiger charge is 2.40. The number of carbonyl (C=O) groups excluding carboxylic acids is 2. The zero-order valence-electron chi connectivity index (χ0n) is 13.3. The molecule has 23 heavy (non-hydrogen) atoms. The lowest BCUT2D eigenvalue weighted by Gasteiger charge is -2.38. The summed E-state index contributed by atoms with van der Waals surface area (Å²) in [6.45, 7) is 1.82. The predicted octanol–water partition coefficient (Wildman–Crippen LogP) is 2.91. The lowest BCUT2D eigenvalue weighted by molar-refractivity contribution is -0.123. The number of hydrogen-bond donors (Lipinski definition) is 1. The fourth-order valence-corrected chi connectivity index (χ4v) is 4.04. The van der Waals surface area contributed by atoms with E-state index < -0.39 is 0 Å². The van der Waals surface area contributed by atoms with E-state index >= 15 is 0 Å². The number of benzene rings is 1. The minimum absolute atomic E-state index is 0.0542. The van der Waals surface area contributed by atoms with Crippen LogP contribution in [0.5, 0.6) is 0 Å². The van der Waals surface area contributed by atoms with Crippen LogP contribution in [0, 0.1) is 6.92 Å². The summed E-state index contributed by atoms with van der Waals surface area (Å²) in [6.07, 6.45) is 4.34. The van der Waals surface area contributed by atoms with E-state index in [1.165, 1.54) is 5.56 Å². The molecule has 2 bridgehead atoms. The Morgan fingerprint density at radius 3 is 2.87 bits per heavy atom. The number of carbonyl (C=O) groups is 2. The molecule has 1 saturated carbocycles. The number of nitrogens with zero attached hydrogens (tertiary/aromatic N) is 2. The molecule has 118 valence electrons. The van der Waals surface area contributed by atoms with Crippen molar-refractivity contribution in [1.29, 1.82) is 0 Å². The minimum atomic E-state index is -0.169. The van der Waals surface area contributed by atoms with Gasteiger partial charge in [0.2, 0.25) is 0 Å². The average molecular weight is 309 g/mol. The molecule has 5 heteroatoms. The Kier molecular flexibility index (Phi) is 3.11. The first-order valence-corrected chi connectivity index (χ1v) is 8.01. The van der Waals surface area contributed by atoms with Crippen molar-refractivity contribution in [1.82, 2.24) is 9.78 Å². The van der Waals surface area contributed by atoms with Crippen LogP contribution in [0.15, 0.2) is 24.4 Å². The van der Waals surface area contributed by atoms with E-state index in [1.807, 2.05) is 19.1 Å². The van der Waals surface area contributed by atoms with Crippen molar-refractivity contribution >= 4 is 17.4 Å². The first-order valence-electron chi connectivity index (χ1n) is 8.01. The summed E-state index contributed by atoms with van der Waals surface area (Å²) in [5.41, 5.74) is 4.32. The second-order valence-electron chi connectivity index (χ2n) is 6.56. The van der Waals surface area contributed by atoms with Gasteiger partial charge in [0.25, 0.3) is 5.91 Å². The Bertz CT molecular complexity index is 822. The zero-order chi connectivity index (χ0) is 16.1. The molecule has 1 aromatic heterocycles. The van der Waals surface area contributed by atoms with Crippen molar-refractivity contribution in [2.45, 2.75) is 38.0 Å². The van der Waals surface area contributed by atoms with Crippen molar-refractivity contribution in [3.05, 3.63) is 46.8 Å². The Hall–Kier alpha value is -2.43. The van der Waals surface area contributed by atoms with Crippen LogP contribution in [0.25, 0.3) is 0 Å². The van der Waals surface area contributed by atoms with E-state index in [4.69, 9.17) is 0 Å². The van der Waals surface area contributed by atoms with Gasteiger partial charge >= 0.3 is 0 Å². The summed E-state index contributed by atoms with van der Waals surface area (Å²) in [7, 11) is 1.80. The maximum Gasteiger partial charge on any atom is 0.259 e. The van der Waals surface area contributed by atoms with Gasteiger partial charge in [-0.15, -0.1) is 0 Å². The molecule has 0 aliphatic heterocycles. The van der Waals surface area contributed by atoms with Crippen molar-refractivity contribution in [3.63, 3.8) is 0 Å². The van der Waals surface area contributed by atoms with Crippen LogP contribution in [0.4, 0.5) is 5.69 Å². The summed E-state index contributed by atoms with van der Waals surface area (Å²) < 4.78 is 1.64. The van der Waals surface area contributed by atoms with Gasteiger partial charge in [0.1, 0.15) is 5.78 Å². The van der Waals surface area contributed by atoms with Crippen molar-refractivity contribution in [2.24, 2.45) is 7.05 Å². The summed E-state index contributed by atoms with van der Waals surface area (Å²) in [5, 5.41) is 7.21. The molecule has 0 saturated heterocycles. The van der Waals surface area contributed by atoms with E-state index in [-0.39, 0.29) is 11.8 Å². The monoisotopic (exact) mass is 309 g/mol. The second kappa shape index (κ2) is 5.05. The van der Waals surface area contributed by atoms with Gasteiger partial charge in [-0.05, 0) is 42.9 Å². The Balaban J connectivity index is 1.71. The summed E-state index contributed by atoms with van der Waals surface area (Å²) in [6, 6.07) is 5.97. The number of fused-ring (bicyclic) bond motifs is 2. The maximum atomic E-state index is 12.6. The van der Waals surface area contributed by atoms with Gasteiger partial charge in [-0.3, -0.25) is 14.3 Å². The number of rotatable bonds is 2. The Labute approximate surface area is 134 Å². The molecule has 2 unspecified atom stereocenters. The minimum Gasteiger partial charge on any atom is -0.322 e. The molecule has 0 radical (unpaired) electrons. The van der Waals surface area contributed by atoms with Gasteiger partial charge in [0.15, 0.2) is 0 Å². The van der Waals surface area contributed by atoms with Gasteiger partial charge < -0.3 is 5.32 Å². The first-order chi connectivity index (χ1) is 11.0. The van der Waals surface area contributed by atoms with E-state index in [0.29, 0.717) is 29.4 Å². The molecule has 2 aromatic rings. The maximum absolute atomic E-state index is 12.6. The van der Waals surface area contributed by atoms with E-state index in [1.54, 1.807) is 17.9 Å². The molecule has 5 nitrogen and oxygen atoms in total. The molecular formula is C18H19N3O2. The quantitative estimate of drug-likeness (QED) is 0.927. The molecule has 3 aliphatic carbocycles. The average Bonchev–Trinajstić information content (AvgIpc) is 2.87. The van der Waals surface area contributed by atoms with Crippen LogP contribution in [0.1, 0.15) is 58.3 Å². The first kappa shape index (κ1) is 14.2. The van der Waals surface area contributed by atoms with Gasteiger partial charge in [0, 0.05) is 31.3 Å². The number of aromatic nitrogens is 2. The second-order valence-corrected chi connectivity index (χ2v) is 6.56. The number of Topliss-reactive ketones (excluding diaryl/α,β-unsaturated/α-hetero) is 1. The third-order valence-corrected chi connectivity index (χ3v) is 5.07. The number of amides is 1. The van der Waals surface area contributed by atoms with E-state index in [9.17, 15) is 9.59 Å². The Morgan fingerprint density at radius 1 is 1.35 bits per heavy atom. The fraction of sp³-hybridized carbons (Fsp3) is 0.389. The highest BCUT2D eigenvalue weighted by molar-refractivity contribution is 6.06. The molecule has 2 atom stereocenters. The fourth-order valence-electron chi connectivity index (χ4n) is 4.04. The number of ketones is 1. The number of hydrogen-bond acceptors (Lipinski definition) is 3. The third-order valence-electron chi connectivity index (χ3n) is 5.07. The van der Waals surface area contributed by atoms with Crippen molar-refractivity contribution < 1.29 is 9.59 Å². The molecule has 1 amide bonds. The van der Waals surface area contributed by atoms with Crippen LogP contribution in [0.2, 0.25) is 0 Å². The van der Waals surface area contributed by atoms with Crippen LogP contribution >= 0.6 is 0 Å². The standard InChI is InChI=1S/C18H19N3O2/c1-10-14(9-21(2)20-10)18(23)19-15-5-3-4-12-11-6-7-13(17(12)15)16(22)8-11/h3-5,9,11,13H,6-8H2,1-2H3,(H,19,23). The van der Waals surface area contributed by atoms with Crippen LogP contribution in [0.3, 0.4) is 0 Å². The molecule has 1 aromatic carbocycles. The highest BCUT2D eigenvalue weighted by Crippen LogP contribution is 2.49.